The van der Waals surface area contributed by atoms with Gasteiger partial charge in [-0.15, -0.1) is 12.4 Å². The molecule has 0 spiro atoms. The molecule has 0 aromatic rings. The topological polar surface area (TPSA) is 63.3 Å². The molecule has 1 saturated carbocycles. The van der Waals surface area contributed by atoms with Crippen LogP contribution in [0, 0.1) is 0 Å². The Morgan fingerprint density at radius 3 is 2.08 bits per heavy atom. The van der Waals surface area contributed by atoms with E-state index in [0.717, 1.165) is 0 Å². The fraction of sp³-hybridized carbons (Fsp3) is 0.833. The molecule has 72 valence electrons. The zero-order valence-corrected chi connectivity index (χ0v) is 7.03. The average molecular weight is 202 g/mol. The molecule has 0 amide bonds. The highest BCUT2D eigenvalue weighted by molar-refractivity contribution is 5.85. The molecule has 3 nitrogen and oxygen atoms in total. The molecule has 0 aromatic heterocycles. The zero-order chi connectivity index (χ0) is 8.70. The molecule has 3 N–H and O–H groups in total. The predicted octanol–water partition coefficient (Wildman–Crippen LogP) is 1.01. The zero-order valence-electron chi connectivity index (χ0n) is 6.22. The third-order valence-corrected chi connectivity index (χ3v) is 1.94. The lowest BCUT2D eigenvalue weighted by Gasteiger charge is -2.17. The van der Waals surface area contributed by atoms with Crippen molar-refractivity contribution in [1.82, 2.24) is 0 Å². The van der Waals surface area contributed by atoms with Gasteiger partial charge in [-0.3, -0.25) is 4.79 Å². The van der Waals surface area contributed by atoms with Crippen LogP contribution in [0.4, 0.5) is 8.78 Å². The number of hydrogen-bond donors (Lipinski definition) is 2. The van der Waals surface area contributed by atoms with Crippen molar-refractivity contribution in [3.8, 4) is 0 Å². The lowest BCUT2D eigenvalue weighted by atomic mass is 10.00. The average Bonchev–Trinajstić information content (AvgIpc) is 2.08. The third-order valence-electron chi connectivity index (χ3n) is 1.94. The molecule has 0 aromatic carbocycles. The van der Waals surface area contributed by atoms with E-state index in [4.69, 9.17) is 10.8 Å². The second-order valence-electron chi connectivity index (χ2n) is 2.99. The fourth-order valence-corrected chi connectivity index (χ4v) is 1.23. The maximum atomic E-state index is 12.5. The number of alkyl halides is 2. The molecule has 0 saturated heterocycles. The van der Waals surface area contributed by atoms with Crippen molar-refractivity contribution in [2.24, 2.45) is 5.73 Å². The number of halogens is 3. The first-order chi connectivity index (χ1) is 4.86. The van der Waals surface area contributed by atoms with Gasteiger partial charge in [0, 0.05) is 12.8 Å². The largest absolute Gasteiger partial charge is 0.480 e. The second-order valence-corrected chi connectivity index (χ2v) is 2.99. The molecule has 1 rings (SSSR count). The molecular formula is C6H10ClF2NO2. The van der Waals surface area contributed by atoms with Gasteiger partial charge in [-0.2, -0.15) is 0 Å². The Bertz CT molecular complexity index is 200. The predicted molar refractivity (Wildman–Crippen MR) is 40.6 cm³/mol. The number of carboxylic acid groups (broad SMARTS) is 1. The summed E-state index contributed by atoms with van der Waals surface area (Å²) in [6, 6.07) is 0. The van der Waals surface area contributed by atoms with Crippen LogP contribution in [0.3, 0.4) is 0 Å². The van der Waals surface area contributed by atoms with Gasteiger partial charge in [-0.1, -0.05) is 0 Å². The van der Waals surface area contributed by atoms with E-state index in [9.17, 15) is 13.6 Å². The van der Waals surface area contributed by atoms with Gasteiger partial charge < -0.3 is 10.8 Å². The lowest BCUT2D eigenvalue weighted by molar-refractivity contribution is -0.144. The summed E-state index contributed by atoms with van der Waals surface area (Å²) in [6.45, 7) is 0. The molecule has 6 heteroatoms. The van der Waals surface area contributed by atoms with Gasteiger partial charge in [0.1, 0.15) is 5.54 Å². The summed E-state index contributed by atoms with van der Waals surface area (Å²) >= 11 is 0. The van der Waals surface area contributed by atoms with Gasteiger partial charge in [-0.25, -0.2) is 8.78 Å². The Morgan fingerprint density at radius 1 is 1.42 bits per heavy atom. The van der Waals surface area contributed by atoms with E-state index < -0.39 is 30.3 Å². The van der Waals surface area contributed by atoms with Crippen molar-refractivity contribution < 1.29 is 18.7 Å². The quantitative estimate of drug-likeness (QED) is 0.666. The molecule has 12 heavy (non-hydrogen) atoms. The van der Waals surface area contributed by atoms with Crippen LogP contribution in [0.15, 0.2) is 0 Å². The number of aliphatic carboxylic acids is 1. The molecular weight excluding hydrogens is 192 g/mol. The van der Waals surface area contributed by atoms with Gasteiger partial charge in [0.15, 0.2) is 0 Å². The van der Waals surface area contributed by atoms with Gasteiger partial charge in [-0.05, 0) is 6.42 Å². The van der Waals surface area contributed by atoms with Gasteiger partial charge in [0.25, 0.3) is 5.92 Å². The maximum Gasteiger partial charge on any atom is 0.323 e. The Hall–Kier alpha value is -0.420. The molecule has 1 atom stereocenters. The van der Waals surface area contributed by atoms with Crippen LogP contribution in [0.1, 0.15) is 19.3 Å². The number of carboxylic acids is 1. The summed E-state index contributed by atoms with van der Waals surface area (Å²) in [5.41, 5.74) is 3.49. The first-order valence-electron chi connectivity index (χ1n) is 3.26. The van der Waals surface area contributed by atoms with Gasteiger partial charge in [0.05, 0.1) is 0 Å². The Labute approximate surface area is 74.3 Å². The molecule has 0 bridgehead atoms. The van der Waals surface area contributed by atoms with E-state index in [2.05, 4.69) is 0 Å². The number of carbonyl (C=O) groups is 1. The summed E-state index contributed by atoms with van der Waals surface area (Å²) in [5.74, 6) is -4.23. The Balaban J connectivity index is 0.00000121. The third kappa shape index (κ3) is 2.04. The fourth-order valence-electron chi connectivity index (χ4n) is 1.23. The normalized spacial score (nSPS) is 32.6. The highest BCUT2D eigenvalue weighted by Gasteiger charge is 2.51. The van der Waals surface area contributed by atoms with Crippen LogP contribution in [0.5, 0.6) is 0 Å². The SMILES string of the molecule is Cl.NC1(C(=O)O)CCC(F)(F)C1. The van der Waals surface area contributed by atoms with E-state index in [1.807, 2.05) is 0 Å². The maximum absolute atomic E-state index is 12.5. The summed E-state index contributed by atoms with van der Waals surface area (Å²) in [7, 11) is 0. The summed E-state index contributed by atoms with van der Waals surface area (Å²) in [6.07, 6.45) is -1.31. The number of rotatable bonds is 1. The van der Waals surface area contributed by atoms with E-state index in [1.165, 1.54) is 0 Å². The van der Waals surface area contributed by atoms with E-state index >= 15 is 0 Å². The molecule has 0 heterocycles. The van der Waals surface area contributed by atoms with Crippen molar-refractivity contribution in [3.63, 3.8) is 0 Å². The van der Waals surface area contributed by atoms with Crippen molar-refractivity contribution in [1.29, 1.82) is 0 Å². The number of hydrogen-bond acceptors (Lipinski definition) is 2. The minimum atomic E-state index is -2.90. The van der Waals surface area contributed by atoms with Crippen LogP contribution >= 0.6 is 12.4 Å². The Morgan fingerprint density at radius 2 is 1.92 bits per heavy atom. The van der Waals surface area contributed by atoms with Crippen LogP contribution in [0.25, 0.3) is 0 Å². The summed E-state index contributed by atoms with van der Waals surface area (Å²) < 4.78 is 24.9. The van der Waals surface area contributed by atoms with Crippen molar-refractivity contribution >= 4 is 18.4 Å². The summed E-state index contributed by atoms with van der Waals surface area (Å²) in [4.78, 5) is 10.4. The van der Waals surface area contributed by atoms with Crippen molar-refractivity contribution in [3.05, 3.63) is 0 Å². The molecule has 1 unspecified atom stereocenters. The minimum Gasteiger partial charge on any atom is -0.480 e. The first kappa shape index (κ1) is 11.6. The minimum absolute atomic E-state index is 0. The van der Waals surface area contributed by atoms with Crippen molar-refractivity contribution in [2.75, 3.05) is 0 Å². The summed E-state index contributed by atoms with van der Waals surface area (Å²) in [5, 5.41) is 8.45. The molecule has 1 aliphatic rings. The lowest BCUT2D eigenvalue weighted by Crippen LogP contribution is -2.46. The van der Waals surface area contributed by atoms with Gasteiger partial charge >= 0.3 is 5.97 Å². The van der Waals surface area contributed by atoms with E-state index in [1.54, 1.807) is 0 Å². The molecule has 0 aliphatic heterocycles. The second kappa shape index (κ2) is 3.14. The standard InChI is InChI=1S/C6H9F2NO2.ClH/c7-6(8)2-1-5(9,3-6)4(10)11;/h1-3,9H2,(H,10,11);1H. The molecule has 1 fully saturated rings. The molecule has 1 aliphatic carbocycles. The van der Waals surface area contributed by atoms with Gasteiger partial charge in [0.2, 0.25) is 0 Å². The van der Waals surface area contributed by atoms with Crippen molar-refractivity contribution in [2.45, 2.75) is 30.7 Å². The van der Waals surface area contributed by atoms with E-state index in [-0.39, 0.29) is 18.8 Å². The van der Waals surface area contributed by atoms with E-state index in [0.29, 0.717) is 0 Å². The highest BCUT2D eigenvalue weighted by Crippen LogP contribution is 2.40. The smallest absolute Gasteiger partial charge is 0.323 e. The van der Waals surface area contributed by atoms with Crippen LogP contribution < -0.4 is 5.73 Å². The van der Waals surface area contributed by atoms with Crippen LogP contribution in [-0.4, -0.2) is 22.5 Å². The Kier molecular flexibility index (Phi) is 3.03. The monoisotopic (exact) mass is 201 g/mol. The molecule has 0 radical (unpaired) electrons. The van der Waals surface area contributed by atoms with Crippen LogP contribution in [-0.2, 0) is 4.79 Å². The van der Waals surface area contributed by atoms with Crippen LogP contribution in [0.2, 0.25) is 0 Å². The first-order valence-corrected chi connectivity index (χ1v) is 3.26. The highest BCUT2D eigenvalue weighted by atomic mass is 35.5. The number of nitrogens with two attached hydrogens (primary N) is 1.